The number of aryl methyl sites for hydroxylation is 1. The van der Waals surface area contributed by atoms with E-state index in [4.69, 9.17) is 4.74 Å². The molecule has 2 amide bonds. The third-order valence-electron chi connectivity index (χ3n) is 3.33. The second-order valence-electron chi connectivity index (χ2n) is 4.94. The zero-order valence-electron chi connectivity index (χ0n) is 11.8. The first kappa shape index (κ1) is 13.9. The number of carbonyl (C=O) groups is 1. The van der Waals surface area contributed by atoms with Crippen molar-refractivity contribution < 1.29 is 9.53 Å². The summed E-state index contributed by atoms with van der Waals surface area (Å²) >= 11 is 1.55. The lowest BCUT2D eigenvalue weighted by Gasteiger charge is -2.26. The van der Waals surface area contributed by atoms with Crippen LogP contribution in [0.3, 0.4) is 0 Å². The Labute approximate surface area is 127 Å². The van der Waals surface area contributed by atoms with Crippen molar-refractivity contribution in [2.75, 3.05) is 6.61 Å². The van der Waals surface area contributed by atoms with E-state index >= 15 is 0 Å². The number of nitrogens with one attached hydrogen (secondary N) is 2. The van der Waals surface area contributed by atoms with Crippen LogP contribution in [-0.4, -0.2) is 17.6 Å². The van der Waals surface area contributed by atoms with E-state index in [1.54, 1.807) is 11.3 Å². The van der Waals surface area contributed by atoms with E-state index in [0.717, 1.165) is 28.4 Å². The second kappa shape index (κ2) is 6.13. The third kappa shape index (κ3) is 3.33. The summed E-state index contributed by atoms with van der Waals surface area (Å²) in [6.45, 7) is 3.02. The Hall–Kier alpha value is -2.08. The fourth-order valence-electron chi connectivity index (χ4n) is 2.34. The van der Waals surface area contributed by atoms with Gasteiger partial charge in [0.15, 0.2) is 0 Å². The molecule has 2 heterocycles. The van der Waals surface area contributed by atoms with Crippen LogP contribution in [0.1, 0.15) is 28.7 Å². The average molecular weight is 303 g/mol. The number of carbonyl (C=O) groups excluding carboxylic acids is 1. The van der Waals surface area contributed by atoms with Crippen LogP contribution in [0.2, 0.25) is 0 Å². The van der Waals surface area contributed by atoms with E-state index in [0.29, 0.717) is 13.2 Å². The number of hydrogen-bond donors (Lipinski definition) is 2. The van der Waals surface area contributed by atoms with Gasteiger partial charge in [-0.15, -0.1) is 11.3 Å². The first-order valence-corrected chi connectivity index (χ1v) is 7.77. The minimum absolute atomic E-state index is 0.00650. The minimum Gasteiger partial charge on any atom is -0.493 e. The molecular weight excluding hydrogens is 286 g/mol. The van der Waals surface area contributed by atoms with Crippen molar-refractivity contribution in [1.82, 2.24) is 15.6 Å². The van der Waals surface area contributed by atoms with Crippen LogP contribution < -0.4 is 15.4 Å². The fourth-order valence-corrected chi connectivity index (χ4v) is 3.05. The average Bonchev–Trinajstić information content (AvgIpc) is 2.91. The molecule has 1 aliphatic rings. The molecule has 6 heteroatoms. The summed E-state index contributed by atoms with van der Waals surface area (Å²) in [7, 11) is 0. The Morgan fingerprint density at radius 1 is 1.48 bits per heavy atom. The van der Waals surface area contributed by atoms with Crippen LogP contribution in [0.5, 0.6) is 5.75 Å². The fraction of sp³-hybridized carbons (Fsp3) is 0.333. The topological polar surface area (TPSA) is 63.2 Å². The lowest BCUT2D eigenvalue weighted by molar-refractivity contribution is 0.223. The molecule has 0 bridgehead atoms. The molecule has 1 aromatic carbocycles. The molecular formula is C15H17N3O2S. The Balaban J connectivity index is 1.58. The lowest BCUT2D eigenvalue weighted by atomic mass is 10.0. The smallest absolute Gasteiger partial charge is 0.315 e. The van der Waals surface area contributed by atoms with E-state index in [9.17, 15) is 4.79 Å². The van der Waals surface area contributed by atoms with Gasteiger partial charge in [-0.25, -0.2) is 9.78 Å². The Morgan fingerprint density at radius 2 is 2.33 bits per heavy atom. The molecule has 1 aromatic heterocycles. The molecule has 0 saturated carbocycles. The molecule has 0 unspecified atom stereocenters. The van der Waals surface area contributed by atoms with Gasteiger partial charge in [-0.2, -0.15) is 0 Å². The van der Waals surface area contributed by atoms with Crippen LogP contribution >= 0.6 is 11.3 Å². The van der Waals surface area contributed by atoms with Gasteiger partial charge in [0.05, 0.1) is 19.2 Å². The van der Waals surface area contributed by atoms with Gasteiger partial charge >= 0.3 is 6.03 Å². The maximum Gasteiger partial charge on any atom is 0.315 e. The number of hydrogen-bond acceptors (Lipinski definition) is 4. The molecule has 0 saturated heterocycles. The molecule has 3 rings (SSSR count). The van der Waals surface area contributed by atoms with Crippen LogP contribution in [0.25, 0.3) is 0 Å². The van der Waals surface area contributed by atoms with Gasteiger partial charge in [-0.1, -0.05) is 18.2 Å². The van der Waals surface area contributed by atoms with Crippen molar-refractivity contribution in [3.63, 3.8) is 0 Å². The normalized spacial score (nSPS) is 16.7. The number of para-hydroxylation sites is 1. The number of thiazole rings is 1. The van der Waals surface area contributed by atoms with Gasteiger partial charge in [0.1, 0.15) is 10.8 Å². The highest BCUT2D eigenvalue weighted by Gasteiger charge is 2.22. The number of benzene rings is 1. The maximum atomic E-state index is 12.0. The van der Waals surface area contributed by atoms with Gasteiger partial charge in [0, 0.05) is 23.1 Å². The summed E-state index contributed by atoms with van der Waals surface area (Å²) in [6.07, 6.45) is 0.779. The van der Waals surface area contributed by atoms with Crippen molar-refractivity contribution in [1.29, 1.82) is 0 Å². The van der Waals surface area contributed by atoms with Crippen molar-refractivity contribution in [3.8, 4) is 5.75 Å². The van der Waals surface area contributed by atoms with Gasteiger partial charge in [-0.3, -0.25) is 0 Å². The second-order valence-corrected chi connectivity index (χ2v) is 5.88. The van der Waals surface area contributed by atoms with E-state index < -0.39 is 0 Å². The molecule has 1 aliphatic heterocycles. The molecule has 0 aliphatic carbocycles. The monoisotopic (exact) mass is 303 g/mol. The van der Waals surface area contributed by atoms with Crippen molar-refractivity contribution >= 4 is 17.4 Å². The summed E-state index contributed by atoms with van der Waals surface area (Å²) in [4.78, 5) is 16.3. The number of fused-ring (bicyclic) bond motifs is 1. The van der Waals surface area contributed by atoms with Crippen LogP contribution in [-0.2, 0) is 6.54 Å². The maximum absolute atomic E-state index is 12.0. The van der Waals surface area contributed by atoms with Crippen LogP contribution in [0.4, 0.5) is 4.79 Å². The minimum atomic E-state index is -0.176. The van der Waals surface area contributed by atoms with Gasteiger partial charge in [0.2, 0.25) is 0 Å². The quantitative estimate of drug-likeness (QED) is 0.916. The summed E-state index contributed by atoms with van der Waals surface area (Å²) in [6, 6.07) is 7.63. The number of urea groups is 1. The number of rotatable bonds is 3. The highest BCUT2D eigenvalue weighted by molar-refractivity contribution is 7.09. The Morgan fingerprint density at radius 3 is 3.14 bits per heavy atom. The van der Waals surface area contributed by atoms with Gasteiger partial charge in [-0.05, 0) is 13.0 Å². The summed E-state index contributed by atoms with van der Waals surface area (Å²) < 4.78 is 5.59. The first-order chi connectivity index (χ1) is 10.2. The number of ether oxygens (including phenoxy) is 1. The van der Waals surface area contributed by atoms with Crippen LogP contribution in [0.15, 0.2) is 29.6 Å². The molecule has 0 spiro atoms. The molecule has 1 atom stereocenters. The number of nitrogens with zero attached hydrogens (tertiary/aromatic N) is 1. The molecule has 110 valence electrons. The highest BCUT2D eigenvalue weighted by Crippen LogP contribution is 2.31. The molecule has 2 N–H and O–H groups in total. The predicted molar refractivity (Wildman–Crippen MR) is 81.5 cm³/mol. The van der Waals surface area contributed by atoms with E-state index in [2.05, 4.69) is 15.6 Å². The summed E-state index contributed by atoms with van der Waals surface area (Å²) in [5.41, 5.74) is 2.01. The summed E-state index contributed by atoms with van der Waals surface area (Å²) in [5.74, 6) is 0.851. The van der Waals surface area contributed by atoms with Crippen molar-refractivity contribution in [2.45, 2.75) is 25.9 Å². The predicted octanol–water partition coefficient (Wildman–Crippen LogP) is 2.77. The van der Waals surface area contributed by atoms with E-state index in [1.807, 2.05) is 36.6 Å². The largest absolute Gasteiger partial charge is 0.493 e. The van der Waals surface area contributed by atoms with Gasteiger partial charge < -0.3 is 15.4 Å². The molecule has 0 fully saturated rings. The molecule has 2 aromatic rings. The van der Waals surface area contributed by atoms with Crippen LogP contribution in [0, 0.1) is 6.92 Å². The third-order valence-corrected chi connectivity index (χ3v) is 4.30. The standard InChI is InChI=1S/C15H17N3O2S/c1-10-9-21-14(17-10)8-16-15(19)18-12-6-7-20-13-5-3-2-4-11(12)13/h2-5,9,12H,6-8H2,1H3,(H2,16,18,19)/t12-/m0/s1. The molecule has 0 radical (unpaired) electrons. The first-order valence-electron chi connectivity index (χ1n) is 6.89. The van der Waals surface area contributed by atoms with Crippen molar-refractivity contribution in [2.24, 2.45) is 0 Å². The Kier molecular flexibility index (Phi) is 4.06. The zero-order valence-corrected chi connectivity index (χ0v) is 12.6. The highest BCUT2D eigenvalue weighted by atomic mass is 32.1. The lowest BCUT2D eigenvalue weighted by Crippen LogP contribution is -2.39. The molecule has 5 nitrogen and oxygen atoms in total. The zero-order chi connectivity index (χ0) is 14.7. The number of aromatic nitrogens is 1. The van der Waals surface area contributed by atoms with Gasteiger partial charge in [0.25, 0.3) is 0 Å². The summed E-state index contributed by atoms with van der Waals surface area (Å²) in [5, 5.41) is 8.73. The SMILES string of the molecule is Cc1csc(CNC(=O)N[C@H]2CCOc3ccccc32)n1. The molecule has 21 heavy (non-hydrogen) atoms. The Bertz CT molecular complexity index is 641. The van der Waals surface area contributed by atoms with Crippen molar-refractivity contribution in [3.05, 3.63) is 45.9 Å². The van der Waals surface area contributed by atoms with E-state index in [1.165, 1.54) is 0 Å². The number of amides is 2. The van der Waals surface area contributed by atoms with E-state index in [-0.39, 0.29) is 12.1 Å².